The predicted octanol–water partition coefficient (Wildman–Crippen LogP) is -0.532. The van der Waals surface area contributed by atoms with Gasteiger partial charge in [-0.3, -0.25) is 0 Å². The number of nitrogens with two attached hydrogens (primary N) is 1. The van der Waals surface area contributed by atoms with Crippen LogP contribution in [0.2, 0.25) is 0 Å². The van der Waals surface area contributed by atoms with E-state index in [1.165, 1.54) is 6.92 Å². The fraction of sp³-hybridized carbons (Fsp3) is 0.889. The van der Waals surface area contributed by atoms with Crippen LogP contribution >= 0.6 is 0 Å². The Balaban J connectivity index is 3.08. The van der Waals surface area contributed by atoms with E-state index in [4.69, 9.17) is 25.1 Å². The van der Waals surface area contributed by atoms with E-state index in [9.17, 15) is 4.79 Å². The average Bonchev–Trinajstić information content (AvgIpc) is 2.21. The highest BCUT2D eigenvalue weighted by Crippen LogP contribution is 1.90. The first-order valence-corrected chi connectivity index (χ1v) is 4.88. The van der Waals surface area contributed by atoms with Gasteiger partial charge >= 0.3 is 5.97 Å². The predicted molar refractivity (Wildman–Crippen MR) is 53.7 cm³/mol. The molecule has 1 atom stereocenters. The first-order chi connectivity index (χ1) is 7.18. The number of carboxylic acid groups (broad SMARTS) is 1. The zero-order chi connectivity index (χ0) is 11.5. The van der Waals surface area contributed by atoms with Gasteiger partial charge < -0.3 is 25.1 Å². The SMILES string of the molecule is CC(OCCOCCOCCN)C(=O)O. The van der Waals surface area contributed by atoms with Gasteiger partial charge in [0.15, 0.2) is 6.10 Å². The largest absolute Gasteiger partial charge is 0.479 e. The lowest BCUT2D eigenvalue weighted by Gasteiger charge is -2.08. The molecule has 1 unspecified atom stereocenters. The van der Waals surface area contributed by atoms with E-state index < -0.39 is 12.1 Å². The second-order valence-corrected chi connectivity index (χ2v) is 2.86. The monoisotopic (exact) mass is 221 g/mol. The van der Waals surface area contributed by atoms with Crippen molar-refractivity contribution in [3.63, 3.8) is 0 Å². The second-order valence-electron chi connectivity index (χ2n) is 2.86. The van der Waals surface area contributed by atoms with Crippen LogP contribution in [0, 0.1) is 0 Å². The van der Waals surface area contributed by atoms with Crippen molar-refractivity contribution in [3.05, 3.63) is 0 Å². The Morgan fingerprint density at radius 3 is 2.27 bits per heavy atom. The maximum absolute atomic E-state index is 10.3. The number of aliphatic carboxylic acids is 1. The van der Waals surface area contributed by atoms with Gasteiger partial charge in [-0.25, -0.2) is 4.79 Å². The second kappa shape index (κ2) is 9.85. The Labute approximate surface area is 89.3 Å². The lowest BCUT2D eigenvalue weighted by atomic mass is 10.4. The summed E-state index contributed by atoms with van der Waals surface area (Å²) in [6.45, 7) is 4.09. The molecule has 90 valence electrons. The molecule has 6 nitrogen and oxygen atoms in total. The van der Waals surface area contributed by atoms with Gasteiger partial charge in [0.05, 0.1) is 33.0 Å². The molecule has 0 amide bonds. The van der Waals surface area contributed by atoms with Crippen LogP contribution in [0.15, 0.2) is 0 Å². The molecule has 15 heavy (non-hydrogen) atoms. The van der Waals surface area contributed by atoms with Gasteiger partial charge in [0.25, 0.3) is 0 Å². The molecular weight excluding hydrogens is 202 g/mol. The highest BCUT2D eigenvalue weighted by atomic mass is 16.6. The highest BCUT2D eigenvalue weighted by Gasteiger charge is 2.09. The molecule has 0 bridgehead atoms. The molecule has 0 fully saturated rings. The van der Waals surface area contributed by atoms with Gasteiger partial charge in [-0.05, 0) is 6.92 Å². The van der Waals surface area contributed by atoms with Crippen LogP contribution in [0.25, 0.3) is 0 Å². The lowest BCUT2D eigenvalue weighted by Crippen LogP contribution is -2.22. The Kier molecular flexibility index (Phi) is 9.40. The average molecular weight is 221 g/mol. The van der Waals surface area contributed by atoms with E-state index in [-0.39, 0.29) is 6.61 Å². The van der Waals surface area contributed by atoms with E-state index in [0.717, 1.165) is 0 Å². The quantitative estimate of drug-likeness (QED) is 0.482. The van der Waals surface area contributed by atoms with Crippen LogP contribution < -0.4 is 5.73 Å². The zero-order valence-electron chi connectivity index (χ0n) is 8.98. The van der Waals surface area contributed by atoms with Crippen molar-refractivity contribution in [2.24, 2.45) is 5.73 Å². The van der Waals surface area contributed by atoms with Crippen molar-refractivity contribution in [2.75, 3.05) is 39.6 Å². The Hall–Kier alpha value is -0.690. The van der Waals surface area contributed by atoms with Gasteiger partial charge in [0.1, 0.15) is 0 Å². The third-order valence-corrected chi connectivity index (χ3v) is 1.58. The summed E-state index contributed by atoms with van der Waals surface area (Å²) >= 11 is 0. The number of rotatable bonds is 10. The van der Waals surface area contributed by atoms with Gasteiger partial charge in [-0.15, -0.1) is 0 Å². The summed E-state index contributed by atoms with van der Waals surface area (Å²) in [6.07, 6.45) is -0.790. The van der Waals surface area contributed by atoms with E-state index in [1.54, 1.807) is 0 Å². The normalized spacial score (nSPS) is 12.7. The summed E-state index contributed by atoms with van der Waals surface area (Å²) in [6, 6.07) is 0. The fourth-order valence-corrected chi connectivity index (χ4v) is 0.760. The molecule has 0 heterocycles. The molecular formula is C9H19NO5. The standard InChI is InChI=1S/C9H19NO5/c1-8(9(11)12)15-7-6-14-5-4-13-3-2-10/h8H,2-7,10H2,1H3,(H,11,12). The van der Waals surface area contributed by atoms with Crippen molar-refractivity contribution < 1.29 is 24.1 Å². The summed E-state index contributed by atoms with van der Waals surface area (Å²) in [5.41, 5.74) is 5.21. The molecule has 6 heteroatoms. The van der Waals surface area contributed by atoms with Crippen molar-refractivity contribution >= 4 is 5.97 Å². The summed E-state index contributed by atoms with van der Waals surface area (Å²) in [4.78, 5) is 10.3. The summed E-state index contributed by atoms with van der Waals surface area (Å²) in [7, 11) is 0. The first-order valence-electron chi connectivity index (χ1n) is 4.88. The van der Waals surface area contributed by atoms with Crippen LogP contribution in [-0.4, -0.2) is 56.8 Å². The lowest BCUT2D eigenvalue weighted by molar-refractivity contribution is -0.150. The van der Waals surface area contributed by atoms with Crippen molar-refractivity contribution in [1.29, 1.82) is 0 Å². The van der Waals surface area contributed by atoms with Crippen LogP contribution in [0.1, 0.15) is 6.92 Å². The smallest absolute Gasteiger partial charge is 0.332 e. The minimum atomic E-state index is -0.971. The maximum atomic E-state index is 10.3. The number of carbonyl (C=O) groups is 1. The van der Waals surface area contributed by atoms with Gasteiger partial charge in [0.2, 0.25) is 0 Å². The van der Waals surface area contributed by atoms with Gasteiger partial charge in [-0.2, -0.15) is 0 Å². The van der Waals surface area contributed by atoms with Crippen molar-refractivity contribution in [1.82, 2.24) is 0 Å². The van der Waals surface area contributed by atoms with Crippen LogP contribution in [0.4, 0.5) is 0 Å². The molecule has 0 aliphatic carbocycles. The molecule has 0 radical (unpaired) electrons. The third-order valence-electron chi connectivity index (χ3n) is 1.58. The summed E-state index contributed by atoms with van der Waals surface area (Å²) in [5, 5.41) is 8.48. The van der Waals surface area contributed by atoms with Crippen LogP contribution in [0.3, 0.4) is 0 Å². The number of hydrogen-bond acceptors (Lipinski definition) is 5. The molecule has 0 rings (SSSR count). The molecule has 0 saturated carbocycles. The third kappa shape index (κ3) is 9.61. The van der Waals surface area contributed by atoms with E-state index in [1.807, 2.05) is 0 Å². The summed E-state index contributed by atoms with van der Waals surface area (Å²) in [5.74, 6) is -0.971. The molecule has 0 aromatic carbocycles. The van der Waals surface area contributed by atoms with E-state index >= 15 is 0 Å². The van der Waals surface area contributed by atoms with Gasteiger partial charge in [0, 0.05) is 6.54 Å². The Morgan fingerprint density at radius 2 is 1.73 bits per heavy atom. The van der Waals surface area contributed by atoms with Gasteiger partial charge in [-0.1, -0.05) is 0 Å². The van der Waals surface area contributed by atoms with E-state index in [2.05, 4.69) is 0 Å². The molecule has 0 saturated heterocycles. The highest BCUT2D eigenvalue weighted by molar-refractivity contribution is 5.71. The Morgan fingerprint density at radius 1 is 1.20 bits per heavy atom. The van der Waals surface area contributed by atoms with Crippen molar-refractivity contribution in [3.8, 4) is 0 Å². The van der Waals surface area contributed by atoms with Crippen LogP contribution in [0.5, 0.6) is 0 Å². The number of hydrogen-bond donors (Lipinski definition) is 2. The van der Waals surface area contributed by atoms with Crippen LogP contribution in [-0.2, 0) is 19.0 Å². The molecule has 3 N–H and O–H groups in total. The number of carboxylic acids is 1. The zero-order valence-corrected chi connectivity index (χ0v) is 8.98. The Bertz CT molecular complexity index is 165. The van der Waals surface area contributed by atoms with Crippen molar-refractivity contribution in [2.45, 2.75) is 13.0 Å². The minimum Gasteiger partial charge on any atom is -0.479 e. The first kappa shape index (κ1) is 14.3. The topological polar surface area (TPSA) is 91.0 Å². The minimum absolute atomic E-state index is 0.268. The molecule has 0 spiro atoms. The molecule has 0 aliphatic rings. The molecule has 0 aromatic rings. The number of ether oxygens (including phenoxy) is 3. The van der Waals surface area contributed by atoms with E-state index in [0.29, 0.717) is 33.0 Å². The maximum Gasteiger partial charge on any atom is 0.332 e. The summed E-state index contributed by atoms with van der Waals surface area (Å²) < 4.78 is 15.1. The fourth-order valence-electron chi connectivity index (χ4n) is 0.760. The molecule has 0 aliphatic heterocycles. The molecule has 0 aromatic heterocycles.